The quantitative estimate of drug-likeness (QED) is 0.866. The molecule has 100 valence electrons. The third kappa shape index (κ3) is 3.61. The second-order valence-electron chi connectivity index (χ2n) is 3.63. The molecule has 0 spiro atoms. The number of alkyl halides is 3. The lowest BCUT2D eigenvalue weighted by Crippen LogP contribution is -2.34. The van der Waals surface area contributed by atoms with Gasteiger partial charge in [0.25, 0.3) is 0 Å². The minimum atomic E-state index is -4.52. The van der Waals surface area contributed by atoms with Crippen molar-refractivity contribution in [1.82, 2.24) is 0 Å². The van der Waals surface area contributed by atoms with E-state index in [1.165, 1.54) is 0 Å². The Morgan fingerprint density at radius 3 is 2.61 bits per heavy atom. The molecule has 0 aliphatic carbocycles. The van der Waals surface area contributed by atoms with Crippen molar-refractivity contribution in [1.29, 1.82) is 0 Å². The molecule has 1 unspecified atom stereocenters. The summed E-state index contributed by atoms with van der Waals surface area (Å²) in [5, 5.41) is 0.148. The van der Waals surface area contributed by atoms with Gasteiger partial charge in [0.1, 0.15) is 6.04 Å². The third-order valence-corrected chi connectivity index (χ3v) is 2.55. The van der Waals surface area contributed by atoms with Crippen LogP contribution in [-0.4, -0.2) is 19.1 Å². The smallest absolute Gasteiger partial charge is 0.416 e. The summed E-state index contributed by atoms with van der Waals surface area (Å²) in [7, 11) is 1.12. The molecular weight excluding hydrogens is 271 g/mol. The molecule has 1 aromatic carbocycles. The van der Waals surface area contributed by atoms with Gasteiger partial charge in [0.15, 0.2) is 0 Å². The molecule has 1 rings (SSSR count). The van der Waals surface area contributed by atoms with Crippen molar-refractivity contribution in [2.24, 2.45) is 5.73 Å². The molecule has 0 saturated carbocycles. The second kappa shape index (κ2) is 5.58. The van der Waals surface area contributed by atoms with Crippen LogP contribution in [0.2, 0.25) is 5.02 Å². The molecule has 0 aliphatic heterocycles. The monoisotopic (exact) mass is 281 g/mol. The number of carbonyl (C=O) groups is 1. The first-order valence-corrected chi connectivity index (χ1v) is 5.32. The van der Waals surface area contributed by atoms with E-state index in [0.717, 1.165) is 25.3 Å². The summed E-state index contributed by atoms with van der Waals surface area (Å²) in [6.07, 6.45) is -4.81. The van der Waals surface area contributed by atoms with Crippen LogP contribution in [0.4, 0.5) is 13.2 Å². The van der Waals surface area contributed by atoms with E-state index in [4.69, 9.17) is 17.3 Å². The SMILES string of the molecule is COC(=O)C(N)Cc1cc(Cl)ccc1C(F)(F)F. The molecule has 1 aromatic rings. The maximum atomic E-state index is 12.7. The maximum Gasteiger partial charge on any atom is 0.416 e. The summed E-state index contributed by atoms with van der Waals surface area (Å²) in [4.78, 5) is 11.1. The highest BCUT2D eigenvalue weighted by Crippen LogP contribution is 2.33. The molecule has 0 fully saturated rings. The van der Waals surface area contributed by atoms with E-state index in [1.807, 2.05) is 0 Å². The van der Waals surface area contributed by atoms with Crippen molar-refractivity contribution in [2.75, 3.05) is 7.11 Å². The van der Waals surface area contributed by atoms with E-state index >= 15 is 0 Å². The van der Waals surface area contributed by atoms with Gasteiger partial charge in [-0.2, -0.15) is 13.2 Å². The zero-order valence-electron chi connectivity index (χ0n) is 9.42. The van der Waals surface area contributed by atoms with Crippen LogP contribution in [0.5, 0.6) is 0 Å². The fraction of sp³-hybridized carbons (Fsp3) is 0.364. The topological polar surface area (TPSA) is 52.3 Å². The fourth-order valence-corrected chi connectivity index (χ4v) is 1.67. The molecule has 0 radical (unpaired) electrons. The van der Waals surface area contributed by atoms with Gasteiger partial charge in [-0.3, -0.25) is 4.79 Å². The first-order chi connectivity index (χ1) is 8.25. The number of rotatable bonds is 3. The molecule has 0 aromatic heterocycles. The molecule has 0 amide bonds. The van der Waals surface area contributed by atoms with Crippen LogP contribution in [0.1, 0.15) is 11.1 Å². The van der Waals surface area contributed by atoms with Crippen LogP contribution >= 0.6 is 11.6 Å². The van der Waals surface area contributed by atoms with Crippen molar-refractivity contribution in [3.8, 4) is 0 Å². The number of esters is 1. The minimum absolute atomic E-state index is 0.132. The van der Waals surface area contributed by atoms with Gasteiger partial charge in [0.2, 0.25) is 0 Å². The molecule has 7 heteroatoms. The van der Waals surface area contributed by atoms with E-state index in [0.29, 0.717) is 0 Å². The van der Waals surface area contributed by atoms with Gasteiger partial charge in [0.05, 0.1) is 12.7 Å². The number of benzene rings is 1. The first-order valence-electron chi connectivity index (χ1n) is 4.94. The molecule has 1 atom stereocenters. The van der Waals surface area contributed by atoms with E-state index in [9.17, 15) is 18.0 Å². The van der Waals surface area contributed by atoms with Crippen LogP contribution in [0, 0.1) is 0 Å². The van der Waals surface area contributed by atoms with Gasteiger partial charge in [0, 0.05) is 5.02 Å². The van der Waals surface area contributed by atoms with Gasteiger partial charge in [-0.1, -0.05) is 11.6 Å². The van der Waals surface area contributed by atoms with E-state index < -0.39 is 23.8 Å². The lowest BCUT2D eigenvalue weighted by molar-refractivity contribution is -0.143. The highest BCUT2D eigenvalue weighted by molar-refractivity contribution is 6.30. The zero-order valence-corrected chi connectivity index (χ0v) is 10.2. The highest BCUT2D eigenvalue weighted by atomic mass is 35.5. The zero-order chi connectivity index (χ0) is 13.9. The number of hydrogen-bond donors (Lipinski definition) is 1. The number of methoxy groups -OCH3 is 1. The average molecular weight is 282 g/mol. The van der Waals surface area contributed by atoms with Gasteiger partial charge in [-0.15, -0.1) is 0 Å². The maximum absolute atomic E-state index is 12.7. The highest BCUT2D eigenvalue weighted by Gasteiger charge is 2.34. The first kappa shape index (κ1) is 14.8. The van der Waals surface area contributed by atoms with E-state index in [1.54, 1.807) is 0 Å². The Balaban J connectivity index is 3.07. The van der Waals surface area contributed by atoms with E-state index in [-0.39, 0.29) is 17.0 Å². The van der Waals surface area contributed by atoms with Crippen LogP contribution in [-0.2, 0) is 22.1 Å². The summed E-state index contributed by atoms with van der Waals surface area (Å²) in [5.41, 5.74) is 4.45. The molecule has 3 nitrogen and oxygen atoms in total. The van der Waals surface area contributed by atoms with Gasteiger partial charge >= 0.3 is 12.1 Å². The van der Waals surface area contributed by atoms with Crippen molar-refractivity contribution in [2.45, 2.75) is 18.6 Å². The van der Waals surface area contributed by atoms with Gasteiger partial charge in [-0.05, 0) is 30.2 Å². The number of hydrogen-bond acceptors (Lipinski definition) is 3. The number of carbonyl (C=O) groups excluding carboxylic acids is 1. The standard InChI is InChI=1S/C11H11ClF3NO2/c1-18-10(17)9(16)5-6-4-7(12)2-3-8(6)11(13,14)15/h2-4,9H,5,16H2,1H3. The largest absolute Gasteiger partial charge is 0.468 e. The molecule has 18 heavy (non-hydrogen) atoms. The van der Waals surface area contributed by atoms with Crippen molar-refractivity contribution in [3.05, 3.63) is 34.3 Å². The summed E-state index contributed by atoms with van der Waals surface area (Å²) < 4.78 is 42.5. The minimum Gasteiger partial charge on any atom is -0.468 e. The van der Waals surface area contributed by atoms with Crippen LogP contribution in [0.25, 0.3) is 0 Å². The van der Waals surface area contributed by atoms with Crippen molar-refractivity contribution in [3.63, 3.8) is 0 Å². The summed E-state index contributed by atoms with van der Waals surface area (Å²) in [5.74, 6) is -0.775. The molecule has 0 heterocycles. The predicted molar refractivity (Wildman–Crippen MR) is 60.1 cm³/mol. The average Bonchev–Trinajstić information content (AvgIpc) is 2.26. The summed E-state index contributed by atoms with van der Waals surface area (Å²) in [6.45, 7) is 0. The Morgan fingerprint density at radius 2 is 2.11 bits per heavy atom. The van der Waals surface area contributed by atoms with Crippen LogP contribution in [0.3, 0.4) is 0 Å². The molecule has 0 aliphatic rings. The lowest BCUT2D eigenvalue weighted by atomic mass is 10.0. The second-order valence-corrected chi connectivity index (χ2v) is 4.07. The Kier molecular flexibility index (Phi) is 4.59. The lowest BCUT2D eigenvalue weighted by Gasteiger charge is -2.15. The van der Waals surface area contributed by atoms with Gasteiger partial charge < -0.3 is 10.5 Å². The fourth-order valence-electron chi connectivity index (χ4n) is 1.48. The number of halogens is 4. The normalized spacial score (nSPS) is 13.2. The van der Waals surface area contributed by atoms with Crippen molar-refractivity contribution < 1.29 is 22.7 Å². The molecule has 2 N–H and O–H groups in total. The number of ether oxygens (including phenoxy) is 1. The van der Waals surface area contributed by atoms with Crippen LogP contribution in [0.15, 0.2) is 18.2 Å². The summed E-state index contributed by atoms with van der Waals surface area (Å²) >= 11 is 5.64. The molecule has 0 bridgehead atoms. The Labute approximate surface area is 107 Å². The predicted octanol–water partition coefficient (Wildman–Crippen LogP) is 2.40. The number of nitrogens with two attached hydrogens (primary N) is 1. The summed E-state index contributed by atoms with van der Waals surface area (Å²) in [6, 6.07) is 1.99. The third-order valence-electron chi connectivity index (χ3n) is 2.32. The molecular formula is C11H11ClF3NO2. The Morgan fingerprint density at radius 1 is 1.50 bits per heavy atom. The van der Waals surface area contributed by atoms with E-state index in [2.05, 4.69) is 4.74 Å². The van der Waals surface area contributed by atoms with Crippen LogP contribution < -0.4 is 5.73 Å². The van der Waals surface area contributed by atoms with Crippen molar-refractivity contribution >= 4 is 17.6 Å². The Bertz CT molecular complexity index is 448. The van der Waals surface area contributed by atoms with Gasteiger partial charge in [-0.25, -0.2) is 0 Å². The molecule has 0 saturated heterocycles. The Hall–Kier alpha value is -1.27.